The van der Waals surface area contributed by atoms with Gasteiger partial charge in [-0.3, -0.25) is 14.5 Å². The van der Waals surface area contributed by atoms with Gasteiger partial charge in [-0.15, -0.1) is 9.78 Å². The number of carbonyl (C=O) groups excluding carboxylic acids is 3. The lowest BCUT2D eigenvalue weighted by molar-refractivity contribution is -1.03. The molecule has 2 unspecified atom stereocenters. The number of ether oxygens (including phenoxy) is 1. The van der Waals surface area contributed by atoms with Gasteiger partial charge in [0.15, 0.2) is 6.33 Å². The average Bonchev–Trinajstić information content (AvgIpc) is 3.97. The molecule has 2 atom stereocenters. The topological polar surface area (TPSA) is 166 Å². The molecule has 3 amide bonds. The van der Waals surface area contributed by atoms with Crippen molar-refractivity contribution >= 4 is 47.1 Å². The highest BCUT2D eigenvalue weighted by molar-refractivity contribution is 6.42. The number of nitrogens with zero attached hydrogens (tertiary/aromatic N) is 11. The Morgan fingerprint density at radius 3 is 2.26 bits per heavy atom. The van der Waals surface area contributed by atoms with E-state index in [9.17, 15) is 14.4 Å². The van der Waals surface area contributed by atoms with Gasteiger partial charge in [0.05, 0.1) is 35.7 Å². The van der Waals surface area contributed by atoms with E-state index in [1.165, 1.54) is 23.4 Å². The first-order valence-corrected chi connectivity index (χ1v) is 21.6. The van der Waals surface area contributed by atoms with Crippen molar-refractivity contribution in [2.24, 2.45) is 5.10 Å². The van der Waals surface area contributed by atoms with Crippen LogP contribution in [0.15, 0.2) is 90.3 Å². The number of esters is 1. The number of tetrazole rings is 1. The lowest BCUT2D eigenvalue weighted by Gasteiger charge is -2.49. The van der Waals surface area contributed by atoms with E-state index < -0.39 is 10.2 Å². The molecule has 0 radical (unpaired) electrons. The zero-order chi connectivity index (χ0) is 43.7. The predicted molar refractivity (Wildman–Crippen MR) is 232 cm³/mol. The molecule has 0 aliphatic carbocycles. The van der Waals surface area contributed by atoms with Crippen molar-refractivity contribution in [2.45, 2.75) is 44.1 Å². The number of rotatable bonds is 15. The fourth-order valence-corrected chi connectivity index (χ4v) is 8.95. The highest BCUT2D eigenvalue weighted by Gasteiger charge is 2.54. The predicted octanol–water partition coefficient (Wildman–Crippen LogP) is 4.35. The van der Waals surface area contributed by atoms with Crippen LogP contribution in [0.4, 0.5) is 4.79 Å². The van der Waals surface area contributed by atoms with Crippen LogP contribution in [-0.4, -0.2) is 153 Å². The Bertz CT molecular complexity index is 2150. The first kappa shape index (κ1) is 44.8. The Balaban J connectivity index is 1.10. The number of likely N-dealkylation sites (tertiary alicyclic amines) is 1. The molecule has 0 spiro atoms. The van der Waals surface area contributed by atoms with Gasteiger partial charge >= 0.3 is 18.0 Å². The van der Waals surface area contributed by atoms with E-state index in [2.05, 4.69) is 53.5 Å². The summed E-state index contributed by atoms with van der Waals surface area (Å²) in [6, 6.07) is 24.8. The molecular weight excluding hydrogens is 837 g/mol. The van der Waals surface area contributed by atoms with Crippen LogP contribution in [0, 0.1) is 0 Å². The minimum absolute atomic E-state index is 0.000522. The van der Waals surface area contributed by atoms with Gasteiger partial charge in [0, 0.05) is 64.3 Å². The molecule has 2 saturated heterocycles. The molecule has 20 heteroatoms. The van der Waals surface area contributed by atoms with E-state index in [1.807, 2.05) is 60.2 Å². The number of urea groups is 1. The van der Waals surface area contributed by atoms with Crippen LogP contribution >= 0.6 is 23.2 Å². The normalized spacial score (nSPS) is 20.0. The summed E-state index contributed by atoms with van der Waals surface area (Å²) in [4.78, 5) is 54.6. The van der Waals surface area contributed by atoms with Crippen molar-refractivity contribution in [1.82, 2.24) is 56.0 Å². The van der Waals surface area contributed by atoms with Crippen LogP contribution in [-0.2, 0) is 19.9 Å². The Hall–Kier alpha value is -5.21. The molecule has 1 aromatic heterocycles. The van der Waals surface area contributed by atoms with E-state index in [1.54, 1.807) is 30.3 Å². The summed E-state index contributed by atoms with van der Waals surface area (Å²) >= 11 is 13.1. The fourth-order valence-electron chi connectivity index (χ4n) is 8.64. The molecule has 4 aromatic rings. The summed E-state index contributed by atoms with van der Waals surface area (Å²) in [7, 11) is 3.41. The van der Waals surface area contributed by atoms with Crippen molar-refractivity contribution in [3.8, 4) is 0 Å². The fraction of sp³-hybridized carbons (Fsp3) is 0.452. The molecule has 3 aromatic carbocycles. The molecule has 0 saturated carbocycles. The molecule has 330 valence electrons. The van der Waals surface area contributed by atoms with Crippen molar-refractivity contribution in [2.75, 3.05) is 79.7 Å². The van der Waals surface area contributed by atoms with Gasteiger partial charge in [-0.2, -0.15) is 11.0 Å². The third-order valence-electron chi connectivity index (χ3n) is 12.1. The lowest BCUT2D eigenvalue weighted by atomic mass is 9.79. The maximum atomic E-state index is 14.3. The molecule has 0 bridgehead atoms. The third-order valence-corrected chi connectivity index (χ3v) is 12.9. The van der Waals surface area contributed by atoms with E-state index in [4.69, 9.17) is 32.8 Å². The second-order valence-electron chi connectivity index (χ2n) is 15.6. The van der Waals surface area contributed by atoms with E-state index in [-0.39, 0.29) is 36.3 Å². The van der Waals surface area contributed by atoms with E-state index in [0.29, 0.717) is 74.3 Å². The molecule has 7 rings (SSSR count). The molecule has 2 N–H and O–H groups in total. The Kier molecular flexibility index (Phi) is 14.7. The first-order chi connectivity index (χ1) is 30.1. The Morgan fingerprint density at radius 2 is 1.61 bits per heavy atom. The number of amides is 3. The van der Waals surface area contributed by atoms with Gasteiger partial charge in [-0.05, 0) is 83.3 Å². The zero-order valence-electron chi connectivity index (χ0n) is 35.3. The first-order valence-electron chi connectivity index (χ1n) is 20.9. The number of hydrazine groups is 1. The molecule has 4 heterocycles. The zero-order valence-corrected chi connectivity index (χ0v) is 36.8. The van der Waals surface area contributed by atoms with Gasteiger partial charge in [-0.1, -0.05) is 82.9 Å². The van der Waals surface area contributed by atoms with Gasteiger partial charge in [0.1, 0.15) is 11.8 Å². The SMILES string of the molecule is CCOC(=O)CCN1CCN(C(=O)N(C)C2(c3ccccc3)CCN(CCC(C[N+]3(NC(=O)c4ccccc4)C(n4cnnn4)=NNN3OC)c3ccc(Cl)c(Cl)c3)CC2)CC1. The van der Waals surface area contributed by atoms with Gasteiger partial charge in [0.25, 0.3) is 5.91 Å². The van der Waals surface area contributed by atoms with Crippen LogP contribution in [0.25, 0.3) is 0 Å². The number of nitrogens with one attached hydrogen (secondary N) is 2. The summed E-state index contributed by atoms with van der Waals surface area (Å²) in [6.45, 7) is 7.71. The minimum atomic E-state index is -0.520. The number of halogens is 2. The quantitative estimate of drug-likeness (QED) is 0.128. The number of hydrazone groups is 1. The van der Waals surface area contributed by atoms with Crippen LogP contribution in [0.5, 0.6) is 0 Å². The smallest absolute Gasteiger partial charge is 0.400 e. The number of piperazine rings is 1. The van der Waals surface area contributed by atoms with Crippen LogP contribution < -0.4 is 11.0 Å². The van der Waals surface area contributed by atoms with Crippen molar-refractivity contribution in [1.29, 1.82) is 0 Å². The molecule has 2 fully saturated rings. The van der Waals surface area contributed by atoms with Crippen molar-refractivity contribution in [3.05, 3.63) is 112 Å². The summed E-state index contributed by atoms with van der Waals surface area (Å²) in [5.74, 6) is -0.605. The van der Waals surface area contributed by atoms with Crippen LogP contribution in [0.1, 0.15) is 60.0 Å². The monoisotopic (exact) mass is 890 g/mol. The maximum Gasteiger partial charge on any atom is 0.400 e. The second-order valence-corrected chi connectivity index (χ2v) is 16.4. The summed E-state index contributed by atoms with van der Waals surface area (Å²) < 4.78 is 6.03. The largest absolute Gasteiger partial charge is 0.466 e. The van der Waals surface area contributed by atoms with E-state index in [0.717, 1.165) is 37.1 Å². The molecule has 3 aliphatic heterocycles. The minimum Gasteiger partial charge on any atom is -0.466 e. The molecule has 62 heavy (non-hydrogen) atoms. The number of hydrogen-bond donors (Lipinski definition) is 2. The maximum absolute atomic E-state index is 14.3. The average molecular weight is 892 g/mol. The van der Waals surface area contributed by atoms with Crippen LogP contribution in [0.2, 0.25) is 10.0 Å². The standard InChI is InChI=1S/C42H53Cl2N13O5/c1-4-62-38(58)18-22-53-25-27-54(28-26-53)41(60)51(2)42(35-13-9-6-10-14-35)19-23-52(24-20-42)21-17-34(33-15-16-36(43)37(44)29-33)30-57(47-39(59)32-11-7-5-8-12-32)40(46-49-56(57)61-3)55-31-45-48-50-55/h5-16,29,31,34,49H,4,17-28,30H2,1-3H3/p+1. The second kappa shape index (κ2) is 20.3. The van der Waals surface area contributed by atoms with Crippen LogP contribution in [0.3, 0.4) is 0 Å². The summed E-state index contributed by atoms with van der Waals surface area (Å²) in [5.41, 5.74) is 7.96. The van der Waals surface area contributed by atoms with E-state index >= 15 is 0 Å². The van der Waals surface area contributed by atoms with Crippen molar-refractivity contribution in [3.63, 3.8) is 0 Å². The number of benzene rings is 3. The number of carbonyl (C=O) groups is 3. The Morgan fingerprint density at radius 1 is 0.919 bits per heavy atom. The summed E-state index contributed by atoms with van der Waals surface area (Å²) in [6.07, 6.45) is 3.82. The number of hydrogen-bond acceptors (Lipinski definition) is 13. The highest BCUT2D eigenvalue weighted by Crippen LogP contribution is 2.40. The number of quaternary nitrogens is 1. The number of piperidine rings is 1. The third kappa shape index (κ3) is 9.86. The molecule has 18 nitrogen and oxygen atoms in total. The lowest BCUT2D eigenvalue weighted by Crippen LogP contribution is -2.72. The Labute approximate surface area is 371 Å². The summed E-state index contributed by atoms with van der Waals surface area (Å²) in [5, 5.41) is 18.5. The van der Waals surface area contributed by atoms with Crippen molar-refractivity contribution < 1.29 is 28.7 Å². The molecule has 3 aliphatic rings. The molecular formula is C42H54Cl2N13O5+. The highest BCUT2D eigenvalue weighted by atomic mass is 35.5. The number of aromatic nitrogens is 4. The van der Waals surface area contributed by atoms with Gasteiger partial charge < -0.3 is 19.4 Å². The van der Waals surface area contributed by atoms with Gasteiger partial charge in [-0.25, -0.2) is 9.63 Å². The van der Waals surface area contributed by atoms with Gasteiger partial charge in [0.2, 0.25) is 0 Å².